The molecule has 0 aliphatic rings. The number of hydrogen-bond acceptors (Lipinski definition) is 3. The molecule has 0 saturated heterocycles. The zero-order valence-electron chi connectivity index (χ0n) is 19.2. The number of benzene rings is 1. The van der Waals surface area contributed by atoms with E-state index >= 15 is 0 Å². The molecule has 1 rings (SSSR count). The topological polar surface area (TPSA) is 46.5 Å². The van der Waals surface area contributed by atoms with Crippen LogP contribution in [0.15, 0.2) is 24.3 Å². The summed E-state index contributed by atoms with van der Waals surface area (Å²) in [6, 6.07) is 7.03. The van der Waals surface area contributed by atoms with Gasteiger partial charge in [-0.1, -0.05) is 92.7 Å². The molecule has 0 saturated carbocycles. The Balaban J connectivity index is 2.95. The van der Waals surface area contributed by atoms with E-state index < -0.39 is 0 Å². The minimum absolute atomic E-state index is 0.0695. The van der Waals surface area contributed by atoms with Gasteiger partial charge in [0.2, 0.25) is 0 Å². The number of carbonyl (C=O) groups is 1. The van der Waals surface area contributed by atoms with E-state index in [1.54, 1.807) is 12.1 Å². The molecule has 0 aliphatic carbocycles. The van der Waals surface area contributed by atoms with Gasteiger partial charge in [-0.25, -0.2) is 0 Å². The summed E-state index contributed by atoms with van der Waals surface area (Å²) in [5.74, 6) is -0.178. The van der Waals surface area contributed by atoms with Crippen molar-refractivity contribution >= 4 is 5.97 Å². The first kappa shape index (κ1) is 24.5. The van der Waals surface area contributed by atoms with Gasteiger partial charge in [0, 0.05) is 0 Å². The predicted octanol–water partition coefficient (Wildman–Crippen LogP) is 7.09. The van der Waals surface area contributed by atoms with Crippen molar-refractivity contribution in [3.63, 3.8) is 0 Å². The van der Waals surface area contributed by atoms with E-state index in [2.05, 4.69) is 48.5 Å². The maximum Gasteiger partial charge on any atom is 0.313 e. The molecule has 1 N–H and O–H groups in total. The summed E-state index contributed by atoms with van der Waals surface area (Å²) >= 11 is 0. The van der Waals surface area contributed by atoms with Crippen molar-refractivity contribution < 1.29 is 14.6 Å². The van der Waals surface area contributed by atoms with Crippen LogP contribution in [0.1, 0.15) is 98.5 Å². The normalized spacial score (nSPS) is 13.6. The number of carbonyl (C=O) groups excluding carboxylic acids is 1. The molecular weight excluding hydrogens is 348 g/mol. The van der Waals surface area contributed by atoms with Crippen molar-refractivity contribution in [2.45, 2.75) is 92.9 Å². The van der Waals surface area contributed by atoms with Crippen LogP contribution < -0.4 is 0 Å². The van der Waals surface area contributed by atoms with Gasteiger partial charge in [0.1, 0.15) is 5.75 Å². The highest BCUT2D eigenvalue weighted by atomic mass is 16.5. The fourth-order valence-corrected chi connectivity index (χ4v) is 4.59. The van der Waals surface area contributed by atoms with Gasteiger partial charge in [-0.15, -0.1) is 0 Å². The fourth-order valence-electron chi connectivity index (χ4n) is 4.59. The summed E-state index contributed by atoms with van der Waals surface area (Å²) in [6.45, 7) is 15.9. The van der Waals surface area contributed by atoms with Gasteiger partial charge in [-0.3, -0.25) is 4.79 Å². The van der Waals surface area contributed by atoms with Crippen molar-refractivity contribution in [2.75, 3.05) is 6.61 Å². The van der Waals surface area contributed by atoms with E-state index in [4.69, 9.17) is 4.74 Å². The standard InChI is InChI=1S/C25H42O3/c1-8-9-10-11-12-13-18-28-23(27)21(19-14-16-20(26)17-15-19)22(24(2,3)4)25(5,6)7/h14-17,21-22,26H,8-13,18H2,1-7H3. The second-order valence-electron chi connectivity index (χ2n) is 10.2. The Morgan fingerprint density at radius 1 is 0.893 bits per heavy atom. The molecule has 28 heavy (non-hydrogen) atoms. The van der Waals surface area contributed by atoms with Crippen molar-refractivity contribution in [1.82, 2.24) is 0 Å². The average molecular weight is 391 g/mol. The first-order valence-electron chi connectivity index (χ1n) is 10.9. The molecule has 0 spiro atoms. The maximum absolute atomic E-state index is 13.2. The Kier molecular flexibility index (Phi) is 9.53. The van der Waals surface area contributed by atoms with E-state index in [9.17, 15) is 9.90 Å². The fraction of sp³-hybridized carbons (Fsp3) is 0.720. The predicted molar refractivity (Wildman–Crippen MR) is 118 cm³/mol. The first-order chi connectivity index (χ1) is 13.0. The summed E-state index contributed by atoms with van der Waals surface area (Å²) in [4.78, 5) is 13.2. The monoisotopic (exact) mass is 390 g/mol. The number of phenolic OH excluding ortho intramolecular Hbond substituents is 1. The van der Waals surface area contributed by atoms with Crippen LogP contribution in [0.25, 0.3) is 0 Å². The van der Waals surface area contributed by atoms with Gasteiger partial charge < -0.3 is 9.84 Å². The number of hydrogen-bond donors (Lipinski definition) is 1. The zero-order chi connectivity index (χ0) is 21.4. The molecule has 1 unspecified atom stereocenters. The molecule has 0 heterocycles. The first-order valence-corrected chi connectivity index (χ1v) is 10.9. The van der Waals surface area contributed by atoms with Gasteiger partial charge in [-0.05, 0) is 40.9 Å². The zero-order valence-corrected chi connectivity index (χ0v) is 19.2. The molecule has 3 heteroatoms. The van der Waals surface area contributed by atoms with Gasteiger partial charge in [0.25, 0.3) is 0 Å². The molecule has 3 nitrogen and oxygen atoms in total. The Bertz CT molecular complexity index is 561. The molecule has 160 valence electrons. The summed E-state index contributed by atoms with van der Waals surface area (Å²) < 4.78 is 5.77. The summed E-state index contributed by atoms with van der Waals surface area (Å²) in [5.41, 5.74) is 0.778. The Labute approximate surface area is 172 Å². The van der Waals surface area contributed by atoms with E-state index in [1.165, 1.54) is 25.7 Å². The molecule has 0 bridgehead atoms. The maximum atomic E-state index is 13.2. The molecular formula is C25H42O3. The Hall–Kier alpha value is -1.51. The molecule has 1 aromatic carbocycles. The second-order valence-corrected chi connectivity index (χ2v) is 10.2. The van der Waals surface area contributed by atoms with Crippen molar-refractivity contribution in [3.05, 3.63) is 29.8 Å². The number of phenols is 1. The third kappa shape index (κ3) is 7.85. The molecule has 1 aromatic rings. The highest BCUT2D eigenvalue weighted by Gasteiger charge is 2.45. The molecule has 0 radical (unpaired) electrons. The SMILES string of the molecule is CCCCCCCCOC(=O)C(c1ccc(O)cc1)C(C(C)(C)C)C(C)(C)C. The van der Waals surface area contributed by atoms with Crippen LogP contribution in [0.5, 0.6) is 5.75 Å². The lowest BCUT2D eigenvalue weighted by atomic mass is 9.59. The quantitative estimate of drug-likeness (QED) is 0.343. The minimum Gasteiger partial charge on any atom is -0.508 e. The van der Waals surface area contributed by atoms with Gasteiger partial charge in [0.15, 0.2) is 0 Å². The van der Waals surface area contributed by atoms with E-state index in [1.807, 2.05) is 12.1 Å². The van der Waals surface area contributed by atoms with Crippen molar-refractivity contribution in [2.24, 2.45) is 16.7 Å². The lowest BCUT2D eigenvalue weighted by Crippen LogP contribution is -2.41. The van der Waals surface area contributed by atoms with Crippen LogP contribution in [-0.2, 0) is 9.53 Å². The average Bonchev–Trinajstić information content (AvgIpc) is 2.57. The summed E-state index contributed by atoms with van der Waals surface area (Å²) in [7, 11) is 0. The molecule has 0 aromatic heterocycles. The van der Waals surface area contributed by atoms with Gasteiger partial charge in [-0.2, -0.15) is 0 Å². The van der Waals surface area contributed by atoms with Gasteiger partial charge >= 0.3 is 5.97 Å². The highest BCUT2D eigenvalue weighted by molar-refractivity contribution is 5.79. The molecule has 0 aliphatic heterocycles. The van der Waals surface area contributed by atoms with Gasteiger partial charge in [0.05, 0.1) is 12.5 Å². The Morgan fingerprint density at radius 2 is 1.39 bits per heavy atom. The number of unbranched alkanes of at least 4 members (excludes halogenated alkanes) is 5. The lowest BCUT2D eigenvalue weighted by Gasteiger charge is -2.45. The van der Waals surface area contributed by atoms with E-state index in [0.29, 0.717) is 6.61 Å². The van der Waals surface area contributed by atoms with E-state index in [0.717, 1.165) is 18.4 Å². The van der Waals surface area contributed by atoms with Crippen LogP contribution in [0.4, 0.5) is 0 Å². The number of esters is 1. The Morgan fingerprint density at radius 3 is 1.89 bits per heavy atom. The highest BCUT2D eigenvalue weighted by Crippen LogP contribution is 2.49. The van der Waals surface area contributed by atoms with Crippen LogP contribution in [0, 0.1) is 16.7 Å². The largest absolute Gasteiger partial charge is 0.508 e. The van der Waals surface area contributed by atoms with Crippen LogP contribution in [0.2, 0.25) is 0 Å². The van der Waals surface area contributed by atoms with Crippen LogP contribution in [-0.4, -0.2) is 17.7 Å². The summed E-state index contributed by atoms with van der Waals surface area (Å²) in [5, 5.41) is 9.68. The van der Waals surface area contributed by atoms with Crippen molar-refractivity contribution in [1.29, 1.82) is 0 Å². The molecule has 1 atom stereocenters. The van der Waals surface area contributed by atoms with Crippen LogP contribution in [0.3, 0.4) is 0 Å². The summed E-state index contributed by atoms with van der Waals surface area (Å²) in [6.07, 6.45) is 7.02. The van der Waals surface area contributed by atoms with Crippen LogP contribution >= 0.6 is 0 Å². The second kappa shape index (κ2) is 10.9. The van der Waals surface area contributed by atoms with Crippen molar-refractivity contribution in [3.8, 4) is 5.75 Å². The van der Waals surface area contributed by atoms with E-state index in [-0.39, 0.29) is 34.4 Å². The smallest absolute Gasteiger partial charge is 0.313 e. The minimum atomic E-state index is -0.347. The lowest BCUT2D eigenvalue weighted by molar-refractivity contribution is -0.150. The third-order valence-corrected chi connectivity index (χ3v) is 5.45. The molecule has 0 amide bonds. The molecule has 0 fully saturated rings. The number of ether oxygens (including phenoxy) is 1. The number of aromatic hydroxyl groups is 1. The number of rotatable bonds is 10. The third-order valence-electron chi connectivity index (χ3n) is 5.45.